The van der Waals surface area contributed by atoms with E-state index < -0.39 is 18.5 Å². The number of imide groups is 1. The Kier molecular flexibility index (Phi) is 4.20. The van der Waals surface area contributed by atoms with Crippen LogP contribution in [0.25, 0.3) is 0 Å². The Bertz CT molecular complexity index is 814. The van der Waals surface area contributed by atoms with Crippen LogP contribution in [-0.4, -0.2) is 71.6 Å². The molecule has 150 valence electrons. The lowest BCUT2D eigenvalue weighted by Crippen LogP contribution is -2.58. The van der Waals surface area contributed by atoms with Crippen LogP contribution in [0.5, 0.6) is 0 Å². The predicted molar refractivity (Wildman–Crippen MR) is 102 cm³/mol. The van der Waals surface area contributed by atoms with Gasteiger partial charge in [0, 0.05) is 31.9 Å². The second kappa shape index (κ2) is 6.52. The molecule has 0 aliphatic carbocycles. The summed E-state index contributed by atoms with van der Waals surface area (Å²) in [5, 5.41) is 25.8. The number of nitrogens with one attached hydrogen (secondary N) is 2. The third-order valence-electron chi connectivity index (χ3n) is 6.89. The molecule has 4 heterocycles. The van der Waals surface area contributed by atoms with Crippen molar-refractivity contribution < 1.29 is 19.8 Å². The normalized spacial score (nSPS) is 31.9. The van der Waals surface area contributed by atoms with Gasteiger partial charge in [0.15, 0.2) is 0 Å². The van der Waals surface area contributed by atoms with Crippen molar-refractivity contribution in [3.05, 3.63) is 29.3 Å². The quantitative estimate of drug-likeness (QED) is 0.525. The number of fused-ring (bicyclic) bond motifs is 1. The minimum Gasteiger partial charge on any atom is -0.379 e. The van der Waals surface area contributed by atoms with Crippen LogP contribution in [0.1, 0.15) is 46.4 Å². The fraction of sp³-hybridized carbons (Fsp3) is 0.600. The summed E-state index contributed by atoms with van der Waals surface area (Å²) in [6, 6.07) is 4.81. The van der Waals surface area contributed by atoms with Crippen LogP contribution in [0.3, 0.4) is 0 Å². The molecule has 5 rings (SSSR count). The first-order chi connectivity index (χ1) is 13.5. The average molecular weight is 386 g/mol. The third-order valence-corrected chi connectivity index (χ3v) is 6.89. The Balaban J connectivity index is 1.36. The van der Waals surface area contributed by atoms with Gasteiger partial charge in [-0.3, -0.25) is 19.8 Å². The van der Waals surface area contributed by atoms with E-state index in [1.54, 1.807) is 6.07 Å². The van der Waals surface area contributed by atoms with E-state index in [1.165, 1.54) is 0 Å². The molecule has 1 spiro atoms. The molecule has 28 heavy (non-hydrogen) atoms. The Labute approximate surface area is 163 Å². The van der Waals surface area contributed by atoms with Crippen molar-refractivity contribution in [2.75, 3.05) is 31.1 Å². The molecule has 0 saturated carbocycles. The number of nitrogens with zero attached hydrogens (tertiary/aromatic N) is 2. The average Bonchev–Trinajstić information content (AvgIpc) is 2.91. The molecule has 0 radical (unpaired) electrons. The van der Waals surface area contributed by atoms with Crippen LogP contribution < -0.4 is 15.5 Å². The molecule has 1 aromatic rings. The number of aliphatic hydroxyl groups is 2. The maximum absolute atomic E-state index is 13.0. The molecule has 0 bridgehead atoms. The van der Waals surface area contributed by atoms with Gasteiger partial charge < -0.3 is 20.4 Å². The van der Waals surface area contributed by atoms with Gasteiger partial charge in [-0.15, -0.1) is 0 Å². The minimum absolute atomic E-state index is 0.360. The first-order valence-corrected chi connectivity index (χ1v) is 10.1. The number of benzene rings is 1. The number of carbonyl (C=O) groups excluding carboxylic acids is 2. The van der Waals surface area contributed by atoms with Crippen LogP contribution >= 0.6 is 0 Å². The fourth-order valence-corrected chi connectivity index (χ4v) is 4.97. The molecule has 2 amide bonds. The van der Waals surface area contributed by atoms with Gasteiger partial charge in [-0.1, -0.05) is 0 Å². The number of hydrogen-bond acceptors (Lipinski definition) is 7. The van der Waals surface area contributed by atoms with Gasteiger partial charge in [0.25, 0.3) is 11.8 Å². The van der Waals surface area contributed by atoms with E-state index >= 15 is 0 Å². The molecule has 3 atom stereocenters. The number of carbonyl (C=O) groups is 2. The molecule has 4 N–H and O–H groups in total. The highest BCUT2D eigenvalue weighted by Gasteiger charge is 2.45. The van der Waals surface area contributed by atoms with Gasteiger partial charge in [0.2, 0.25) is 0 Å². The standard InChI is InChI=1S/C20H26N4O4/c25-16-4-3-15(17(26)22-16)24-18(27)13-2-1-12(9-14(13)19(24)28)23-7-5-20(6-8-23)10-21-11-20/h1-2,9,15-17,21-22,25-26H,3-8,10-11H2. The predicted octanol–water partition coefficient (Wildman–Crippen LogP) is -0.139. The second-order valence-electron chi connectivity index (χ2n) is 8.57. The van der Waals surface area contributed by atoms with E-state index in [9.17, 15) is 19.8 Å². The maximum Gasteiger partial charge on any atom is 0.262 e. The van der Waals surface area contributed by atoms with E-state index in [0.717, 1.165) is 49.6 Å². The first-order valence-electron chi connectivity index (χ1n) is 10.1. The monoisotopic (exact) mass is 386 g/mol. The smallest absolute Gasteiger partial charge is 0.262 e. The van der Waals surface area contributed by atoms with Crippen LogP contribution in [0.2, 0.25) is 0 Å². The number of amides is 2. The molecule has 3 saturated heterocycles. The topological polar surface area (TPSA) is 105 Å². The SMILES string of the molecule is O=C1c2ccc(N3CCC4(CC3)CNC4)cc2C(=O)N1C1CCC(O)NC1O. The molecule has 4 aliphatic rings. The molecule has 0 aromatic heterocycles. The highest BCUT2D eigenvalue weighted by Crippen LogP contribution is 2.38. The Morgan fingerprint density at radius 3 is 2.36 bits per heavy atom. The summed E-state index contributed by atoms with van der Waals surface area (Å²) in [7, 11) is 0. The molecule has 8 nitrogen and oxygen atoms in total. The number of anilines is 1. The van der Waals surface area contributed by atoms with Crippen LogP contribution in [-0.2, 0) is 0 Å². The van der Waals surface area contributed by atoms with E-state index in [-0.39, 0.29) is 11.8 Å². The van der Waals surface area contributed by atoms with Crippen molar-refractivity contribution >= 4 is 17.5 Å². The van der Waals surface area contributed by atoms with Gasteiger partial charge in [-0.25, -0.2) is 0 Å². The lowest BCUT2D eigenvalue weighted by molar-refractivity contribution is -0.0413. The molecule has 8 heteroatoms. The summed E-state index contributed by atoms with van der Waals surface area (Å²) in [5.41, 5.74) is 2.22. The highest BCUT2D eigenvalue weighted by atomic mass is 16.3. The van der Waals surface area contributed by atoms with Gasteiger partial charge in [0.05, 0.1) is 17.2 Å². The molecule has 3 fully saturated rings. The first kappa shape index (κ1) is 18.1. The third kappa shape index (κ3) is 2.75. The summed E-state index contributed by atoms with van der Waals surface area (Å²) >= 11 is 0. The Morgan fingerprint density at radius 1 is 1.00 bits per heavy atom. The minimum atomic E-state index is -1.13. The summed E-state index contributed by atoms with van der Waals surface area (Å²) in [6.45, 7) is 4.10. The van der Waals surface area contributed by atoms with Crippen LogP contribution in [0, 0.1) is 5.41 Å². The largest absolute Gasteiger partial charge is 0.379 e. The van der Waals surface area contributed by atoms with Crippen molar-refractivity contribution in [2.24, 2.45) is 5.41 Å². The number of rotatable bonds is 2. The van der Waals surface area contributed by atoms with Gasteiger partial charge >= 0.3 is 0 Å². The summed E-state index contributed by atoms with van der Waals surface area (Å²) in [6.07, 6.45) is 1.08. The van der Waals surface area contributed by atoms with Crippen molar-refractivity contribution in [3.63, 3.8) is 0 Å². The summed E-state index contributed by atoms with van der Waals surface area (Å²) in [4.78, 5) is 29.3. The Morgan fingerprint density at radius 2 is 1.71 bits per heavy atom. The Hall–Kier alpha value is -2.00. The molecular formula is C20H26N4O4. The number of hydrogen-bond donors (Lipinski definition) is 4. The zero-order chi connectivity index (χ0) is 19.5. The van der Waals surface area contributed by atoms with Crippen molar-refractivity contribution in [1.29, 1.82) is 0 Å². The highest BCUT2D eigenvalue weighted by molar-refractivity contribution is 6.22. The van der Waals surface area contributed by atoms with E-state index in [1.807, 2.05) is 12.1 Å². The van der Waals surface area contributed by atoms with Crippen molar-refractivity contribution in [3.8, 4) is 0 Å². The zero-order valence-corrected chi connectivity index (χ0v) is 15.7. The van der Waals surface area contributed by atoms with Gasteiger partial charge in [0.1, 0.15) is 12.5 Å². The molecule has 4 aliphatic heterocycles. The van der Waals surface area contributed by atoms with E-state index in [0.29, 0.717) is 29.4 Å². The van der Waals surface area contributed by atoms with Crippen LogP contribution in [0.4, 0.5) is 5.69 Å². The van der Waals surface area contributed by atoms with Crippen molar-refractivity contribution in [1.82, 2.24) is 15.5 Å². The molecule has 1 aromatic carbocycles. The molecular weight excluding hydrogens is 360 g/mol. The maximum atomic E-state index is 13.0. The van der Waals surface area contributed by atoms with Crippen LogP contribution in [0.15, 0.2) is 18.2 Å². The zero-order valence-electron chi connectivity index (χ0n) is 15.7. The lowest BCUT2D eigenvalue weighted by Gasteiger charge is -2.49. The summed E-state index contributed by atoms with van der Waals surface area (Å²) < 4.78 is 0. The van der Waals surface area contributed by atoms with Gasteiger partial charge in [-0.05, 0) is 49.3 Å². The van der Waals surface area contributed by atoms with E-state index in [2.05, 4.69) is 15.5 Å². The lowest BCUT2D eigenvalue weighted by atomic mass is 9.73. The van der Waals surface area contributed by atoms with E-state index in [4.69, 9.17) is 0 Å². The summed E-state index contributed by atoms with van der Waals surface area (Å²) in [5.74, 6) is -0.729. The number of piperidine rings is 2. The number of aliphatic hydroxyl groups excluding tert-OH is 2. The fourth-order valence-electron chi connectivity index (χ4n) is 4.97. The second-order valence-corrected chi connectivity index (χ2v) is 8.57. The van der Waals surface area contributed by atoms with Gasteiger partial charge in [-0.2, -0.15) is 0 Å². The molecule has 3 unspecified atom stereocenters. The van der Waals surface area contributed by atoms with Crippen molar-refractivity contribution in [2.45, 2.75) is 44.2 Å².